The number of piperidine rings is 1. The molecule has 0 saturated carbocycles. The van der Waals surface area contributed by atoms with Gasteiger partial charge in [0.15, 0.2) is 0 Å². The average Bonchev–Trinajstić information content (AvgIpc) is 3.24. The molecule has 150 valence electrons. The van der Waals surface area contributed by atoms with Crippen LogP contribution in [0.2, 0.25) is 0 Å². The van der Waals surface area contributed by atoms with Crippen molar-refractivity contribution in [3.8, 4) is 11.5 Å². The van der Waals surface area contributed by atoms with E-state index in [2.05, 4.69) is 9.97 Å². The summed E-state index contributed by atoms with van der Waals surface area (Å²) >= 11 is 0. The number of carbonyl (C=O) groups excluding carboxylic acids is 1. The first-order valence-electron chi connectivity index (χ1n) is 10.2. The SMILES string of the molecule is O=C(c1ccc(Oc2cccnc2)cc1)N1CCC[C@H](c2nc3ccccc3[nH]2)C1. The van der Waals surface area contributed by atoms with Crippen LogP contribution < -0.4 is 4.74 Å². The number of aromatic amines is 1. The number of para-hydroxylation sites is 2. The molecule has 1 N–H and O–H groups in total. The zero-order valence-corrected chi connectivity index (χ0v) is 16.5. The number of imidazole rings is 1. The standard InChI is InChI=1S/C24H22N4O2/c29-24(17-9-11-19(12-10-17)30-20-6-3-13-25-15-20)28-14-4-5-18(16-28)23-26-21-7-1-2-8-22(21)27-23/h1-3,6-13,15,18H,4-5,14,16H2,(H,26,27)/t18-/m0/s1. The Hall–Kier alpha value is -3.67. The van der Waals surface area contributed by atoms with Gasteiger partial charge < -0.3 is 14.6 Å². The van der Waals surface area contributed by atoms with E-state index in [9.17, 15) is 4.79 Å². The van der Waals surface area contributed by atoms with Gasteiger partial charge in [-0.3, -0.25) is 9.78 Å². The first-order valence-corrected chi connectivity index (χ1v) is 10.2. The van der Waals surface area contributed by atoms with Gasteiger partial charge in [0.1, 0.15) is 17.3 Å². The molecule has 1 amide bonds. The Labute approximate surface area is 174 Å². The number of H-pyrrole nitrogens is 1. The van der Waals surface area contributed by atoms with Crippen molar-refractivity contribution in [2.24, 2.45) is 0 Å². The summed E-state index contributed by atoms with van der Waals surface area (Å²) in [5, 5.41) is 0. The van der Waals surface area contributed by atoms with E-state index in [-0.39, 0.29) is 11.8 Å². The van der Waals surface area contributed by atoms with Crippen LogP contribution in [0.4, 0.5) is 0 Å². The summed E-state index contributed by atoms with van der Waals surface area (Å²) in [6.07, 6.45) is 5.36. The van der Waals surface area contributed by atoms with Gasteiger partial charge in [0, 0.05) is 30.8 Å². The normalized spacial score (nSPS) is 16.5. The minimum atomic E-state index is 0.0451. The van der Waals surface area contributed by atoms with Gasteiger partial charge in [-0.05, 0) is 61.4 Å². The van der Waals surface area contributed by atoms with Gasteiger partial charge in [0.05, 0.1) is 17.2 Å². The largest absolute Gasteiger partial charge is 0.456 e. The van der Waals surface area contributed by atoms with Crippen molar-refractivity contribution in [2.45, 2.75) is 18.8 Å². The van der Waals surface area contributed by atoms with Crippen LogP contribution in [-0.2, 0) is 0 Å². The van der Waals surface area contributed by atoms with Crippen LogP contribution in [-0.4, -0.2) is 38.8 Å². The maximum atomic E-state index is 13.1. The van der Waals surface area contributed by atoms with Crippen molar-refractivity contribution in [3.63, 3.8) is 0 Å². The first kappa shape index (κ1) is 18.4. The van der Waals surface area contributed by atoms with Gasteiger partial charge in [-0.25, -0.2) is 4.98 Å². The molecule has 1 atom stereocenters. The van der Waals surface area contributed by atoms with Crippen LogP contribution in [0, 0.1) is 0 Å². The zero-order chi connectivity index (χ0) is 20.3. The summed E-state index contributed by atoms with van der Waals surface area (Å²) in [4.78, 5) is 27.2. The maximum absolute atomic E-state index is 13.1. The lowest BCUT2D eigenvalue weighted by Gasteiger charge is -2.32. The summed E-state index contributed by atoms with van der Waals surface area (Å²) < 4.78 is 5.76. The molecule has 6 nitrogen and oxygen atoms in total. The van der Waals surface area contributed by atoms with E-state index < -0.39 is 0 Å². The Balaban J connectivity index is 1.28. The van der Waals surface area contributed by atoms with E-state index >= 15 is 0 Å². The van der Waals surface area contributed by atoms with Crippen molar-refractivity contribution in [1.29, 1.82) is 0 Å². The van der Waals surface area contributed by atoms with E-state index in [0.717, 1.165) is 36.2 Å². The van der Waals surface area contributed by atoms with Crippen molar-refractivity contribution in [3.05, 3.63) is 84.4 Å². The molecule has 0 aliphatic carbocycles. The molecule has 4 aromatic rings. The quantitative estimate of drug-likeness (QED) is 0.537. The van der Waals surface area contributed by atoms with Gasteiger partial charge in [-0.2, -0.15) is 0 Å². The van der Waals surface area contributed by atoms with Crippen LogP contribution in [0.25, 0.3) is 11.0 Å². The number of hydrogen-bond donors (Lipinski definition) is 1. The molecule has 2 aromatic carbocycles. The molecule has 1 aliphatic heterocycles. The number of likely N-dealkylation sites (tertiary alicyclic amines) is 1. The second kappa shape index (κ2) is 7.99. The van der Waals surface area contributed by atoms with E-state index in [1.54, 1.807) is 12.4 Å². The Bertz CT molecular complexity index is 1120. The summed E-state index contributed by atoms with van der Waals surface area (Å²) in [7, 11) is 0. The first-order chi connectivity index (χ1) is 14.8. The van der Waals surface area contributed by atoms with Gasteiger partial charge in [-0.1, -0.05) is 12.1 Å². The number of hydrogen-bond acceptors (Lipinski definition) is 4. The minimum Gasteiger partial charge on any atom is -0.456 e. The average molecular weight is 398 g/mol. The molecule has 5 rings (SSSR count). The predicted octanol–water partition coefficient (Wildman–Crippen LogP) is 4.77. The number of amides is 1. The molecule has 1 saturated heterocycles. The highest BCUT2D eigenvalue weighted by Gasteiger charge is 2.27. The van der Waals surface area contributed by atoms with E-state index in [1.807, 2.05) is 65.6 Å². The lowest BCUT2D eigenvalue weighted by atomic mass is 9.96. The van der Waals surface area contributed by atoms with E-state index in [0.29, 0.717) is 23.6 Å². The number of ether oxygens (including phenoxy) is 1. The van der Waals surface area contributed by atoms with Crippen LogP contribution in [0.5, 0.6) is 11.5 Å². The monoisotopic (exact) mass is 398 g/mol. The molecule has 1 fully saturated rings. The number of nitrogens with one attached hydrogen (secondary N) is 1. The molecule has 0 bridgehead atoms. The molecule has 2 aromatic heterocycles. The fraction of sp³-hybridized carbons (Fsp3) is 0.208. The molecule has 1 aliphatic rings. The fourth-order valence-electron chi connectivity index (χ4n) is 3.94. The van der Waals surface area contributed by atoms with Gasteiger partial charge in [-0.15, -0.1) is 0 Å². The molecule has 0 spiro atoms. The third-order valence-corrected chi connectivity index (χ3v) is 5.47. The second-order valence-corrected chi connectivity index (χ2v) is 7.54. The third kappa shape index (κ3) is 3.76. The highest BCUT2D eigenvalue weighted by Crippen LogP contribution is 2.28. The summed E-state index contributed by atoms with van der Waals surface area (Å²) in [6.45, 7) is 1.44. The summed E-state index contributed by atoms with van der Waals surface area (Å²) in [5.41, 5.74) is 2.68. The van der Waals surface area contributed by atoms with Crippen molar-refractivity contribution in [1.82, 2.24) is 19.9 Å². The van der Waals surface area contributed by atoms with Crippen LogP contribution in [0.1, 0.15) is 34.9 Å². The highest BCUT2D eigenvalue weighted by molar-refractivity contribution is 5.94. The molecule has 3 heterocycles. The molecular weight excluding hydrogens is 376 g/mol. The van der Waals surface area contributed by atoms with Gasteiger partial charge in [0.2, 0.25) is 0 Å². The number of nitrogens with zero attached hydrogens (tertiary/aromatic N) is 3. The van der Waals surface area contributed by atoms with Gasteiger partial charge in [0.25, 0.3) is 5.91 Å². The van der Waals surface area contributed by atoms with Crippen molar-refractivity contribution < 1.29 is 9.53 Å². The number of carbonyl (C=O) groups is 1. The van der Waals surface area contributed by atoms with Crippen LogP contribution >= 0.6 is 0 Å². The lowest BCUT2D eigenvalue weighted by Crippen LogP contribution is -2.39. The number of benzene rings is 2. The number of rotatable bonds is 4. The van der Waals surface area contributed by atoms with E-state index in [4.69, 9.17) is 9.72 Å². The Kier molecular flexibility index (Phi) is 4.89. The lowest BCUT2D eigenvalue weighted by molar-refractivity contribution is 0.0705. The van der Waals surface area contributed by atoms with Crippen LogP contribution in [0.3, 0.4) is 0 Å². The van der Waals surface area contributed by atoms with Crippen molar-refractivity contribution in [2.75, 3.05) is 13.1 Å². The Morgan fingerprint density at radius 3 is 2.70 bits per heavy atom. The summed E-state index contributed by atoms with van der Waals surface area (Å²) in [6, 6.07) is 19.0. The molecule has 30 heavy (non-hydrogen) atoms. The van der Waals surface area contributed by atoms with Gasteiger partial charge >= 0.3 is 0 Å². The van der Waals surface area contributed by atoms with Crippen LogP contribution in [0.15, 0.2) is 73.1 Å². The Morgan fingerprint density at radius 1 is 1.03 bits per heavy atom. The highest BCUT2D eigenvalue weighted by atomic mass is 16.5. The number of aromatic nitrogens is 3. The number of pyridine rings is 1. The Morgan fingerprint density at radius 2 is 1.90 bits per heavy atom. The topological polar surface area (TPSA) is 71.1 Å². The predicted molar refractivity (Wildman–Crippen MR) is 115 cm³/mol. The van der Waals surface area contributed by atoms with Crippen molar-refractivity contribution >= 4 is 16.9 Å². The number of fused-ring (bicyclic) bond motifs is 1. The fourth-order valence-corrected chi connectivity index (χ4v) is 3.94. The second-order valence-electron chi connectivity index (χ2n) is 7.54. The zero-order valence-electron chi connectivity index (χ0n) is 16.5. The molecule has 0 unspecified atom stereocenters. The molecule has 0 radical (unpaired) electrons. The van der Waals surface area contributed by atoms with E-state index in [1.165, 1.54) is 0 Å². The maximum Gasteiger partial charge on any atom is 0.253 e. The molecular formula is C24H22N4O2. The molecule has 6 heteroatoms. The minimum absolute atomic E-state index is 0.0451. The smallest absolute Gasteiger partial charge is 0.253 e. The summed E-state index contributed by atoms with van der Waals surface area (Å²) in [5.74, 6) is 2.58. The third-order valence-electron chi connectivity index (χ3n) is 5.47.